The molecule has 5 unspecified atom stereocenters. The predicted molar refractivity (Wildman–Crippen MR) is 125 cm³/mol. The predicted octanol–water partition coefficient (Wildman–Crippen LogP) is 4.79. The normalized spacial score (nSPS) is 30.2. The number of rotatable bonds is 7. The fraction of sp³-hybridized carbons (Fsp3) is 0.519. The van der Waals surface area contributed by atoms with E-state index in [0.717, 1.165) is 36.8 Å². The molecule has 1 aliphatic heterocycles. The number of aliphatic hydroxyl groups is 1. The Labute approximate surface area is 191 Å². The second kappa shape index (κ2) is 10.1. The standard InChI is InChI=1S/C27H35NO4/c1-17(8-7-11-20-9-5-4-6-10-20)31-22-15-25-27(26(16-22)32-19(3)29)24-14-21(30)12-13-23(24)18(2)28-25/h4-6,9-10,12-14,17-18,22-23,25-26,28,30H,7-8,11,15-16H2,1-3H3/t17-,18?,22?,23?,25?,26?/m1/s1. The number of carbonyl (C=O) groups excluding carboxylic acids is 1. The number of hydrogen-bond donors (Lipinski definition) is 2. The quantitative estimate of drug-likeness (QED) is 0.600. The van der Waals surface area contributed by atoms with Crippen LogP contribution in [0.1, 0.15) is 52.0 Å². The van der Waals surface area contributed by atoms with Crippen LogP contribution in [0.15, 0.2) is 65.5 Å². The van der Waals surface area contributed by atoms with E-state index >= 15 is 0 Å². The number of allylic oxidation sites excluding steroid dienone is 2. The molecular weight excluding hydrogens is 402 g/mol. The van der Waals surface area contributed by atoms with Crippen molar-refractivity contribution in [1.29, 1.82) is 0 Å². The maximum atomic E-state index is 11.9. The van der Waals surface area contributed by atoms with Gasteiger partial charge in [0.05, 0.1) is 12.2 Å². The number of hydrogen-bond acceptors (Lipinski definition) is 5. The summed E-state index contributed by atoms with van der Waals surface area (Å²) in [5, 5.41) is 13.8. The van der Waals surface area contributed by atoms with E-state index < -0.39 is 0 Å². The molecule has 172 valence electrons. The third kappa shape index (κ3) is 5.33. The summed E-state index contributed by atoms with van der Waals surface area (Å²) in [7, 11) is 0. The van der Waals surface area contributed by atoms with Crippen molar-refractivity contribution in [2.24, 2.45) is 5.92 Å². The van der Waals surface area contributed by atoms with E-state index in [0.29, 0.717) is 6.42 Å². The van der Waals surface area contributed by atoms with Crippen molar-refractivity contribution in [3.8, 4) is 0 Å². The van der Waals surface area contributed by atoms with E-state index in [9.17, 15) is 9.90 Å². The van der Waals surface area contributed by atoms with E-state index in [2.05, 4.69) is 43.4 Å². The van der Waals surface area contributed by atoms with Gasteiger partial charge in [0.15, 0.2) is 0 Å². The smallest absolute Gasteiger partial charge is 0.303 e. The summed E-state index contributed by atoms with van der Waals surface area (Å²) in [6.07, 6.45) is 10.1. The first-order valence-corrected chi connectivity index (χ1v) is 11.9. The molecule has 0 amide bonds. The van der Waals surface area contributed by atoms with Crippen LogP contribution in [0.3, 0.4) is 0 Å². The van der Waals surface area contributed by atoms with Crippen LogP contribution >= 0.6 is 0 Å². The molecule has 5 heteroatoms. The molecule has 5 nitrogen and oxygen atoms in total. The van der Waals surface area contributed by atoms with Gasteiger partial charge in [0.2, 0.25) is 0 Å². The number of aliphatic hydroxyl groups excluding tert-OH is 1. The topological polar surface area (TPSA) is 67.8 Å². The van der Waals surface area contributed by atoms with Gasteiger partial charge in [-0.3, -0.25) is 4.79 Å². The molecule has 1 heterocycles. The highest BCUT2D eigenvalue weighted by atomic mass is 16.5. The maximum absolute atomic E-state index is 11.9. The lowest BCUT2D eigenvalue weighted by Gasteiger charge is -2.46. The van der Waals surface area contributed by atoms with Crippen LogP contribution < -0.4 is 5.32 Å². The Morgan fingerprint density at radius 3 is 2.78 bits per heavy atom. The second-order valence-corrected chi connectivity index (χ2v) is 9.39. The van der Waals surface area contributed by atoms with Crippen molar-refractivity contribution >= 4 is 5.97 Å². The number of esters is 1. The lowest BCUT2D eigenvalue weighted by Crippen LogP contribution is -2.54. The molecule has 32 heavy (non-hydrogen) atoms. The number of nitrogens with one attached hydrogen (secondary N) is 1. The molecule has 0 radical (unpaired) electrons. The van der Waals surface area contributed by atoms with Crippen molar-refractivity contribution < 1.29 is 19.4 Å². The third-order valence-corrected chi connectivity index (χ3v) is 6.82. The first kappa shape index (κ1) is 22.8. The molecule has 1 fully saturated rings. The van der Waals surface area contributed by atoms with E-state index in [4.69, 9.17) is 9.47 Å². The van der Waals surface area contributed by atoms with Crippen molar-refractivity contribution in [1.82, 2.24) is 5.32 Å². The van der Waals surface area contributed by atoms with Crippen molar-refractivity contribution in [2.75, 3.05) is 0 Å². The minimum Gasteiger partial charge on any atom is -0.508 e. The summed E-state index contributed by atoms with van der Waals surface area (Å²) in [6.45, 7) is 5.76. The minimum absolute atomic E-state index is 0.0217. The molecule has 3 aliphatic rings. The Bertz CT molecular complexity index is 903. The zero-order valence-electron chi connectivity index (χ0n) is 19.3. The highest BCUT2D eigenvalue weighted by molar-refractivity contribution is 5.67. The molecule has 0 bridgehead atoms. The molecule has 2 aliphatic carbocycles. The van der Waals surface area contributed by atoms with Crippen LogP contribution in [0.25, 0.3) is 0 Å². The highest BCUT2D eigenvalue weighted by Gasteiger charge is 2.43. The van der Waals surface area contributed by atoms with Gasteiger partial charge in [0, 0.05) is 31.3 Å². The fourth-order valence-corrected chi connectivity index (χ4v) is 5.42. The lowest BCUT2D eigenvalue weighted by molar-refractivity contribution is -0.148. The molecule has 1 aromatic carbocycles. The van der Waals surface area contributed by atoms with Gasteiger partial charge in [-0.15, -0.1) is 0 Å². The number of carbonyl (C=O) groups is 1. The van der Waals surface area contributed by atoms with Gasteiger partial charge in [-0.05, 0) is 68.4 Å². The third-order valence-electron chi connectivity index (χ3n) is 6.82. The molecule has 0 saturated heterocycles. The summed E-state index contributed by atoms with van der Waals surface area (Å²) >= 11 is 0. The van der Waals surface area contributed by atoms with Crippen LogP contribution in [0, 0.1) is 5.92 Å². The summed E-state index contributed by atoms with van der Waals surface area (Å²) in [4.78, 5) is 11.9. The fourth-order valence-electron chi connectivity index (χ4n) is 5.42. The van der Waals surface area contributed by atoms with Crippen molar-refractivity contribution in [2.45, 2.75) is 83.3 Å². The molecular formula is C27H35NO4. The Kier molecular flexibility index (Phi) is 7.17. The minimum atomic E-state index is -0.333. The number of ether oxygens (including phenoxy) is 2. The molecule has 0 aromatic heterocycles. The van der Waals surface area contributed by atoms with Crippen molar-refractivity contribution in [3.05, 3.63) is 71.0 Å². The SMILES string of the molecule is CC(=O)OC1CC(O[C@H](C)CCCc2ccccc2)CC2NC(C)C3C=CC(O)=CC3=C21. The molecule has 1 saturated carbocycles. The molecule has 6 atom stereocenters. The van der Waals surface area contributed by atoms with Crippen LogP contribution in [-0.4, -0.2) is 41.5 Å². The van der Waals surface area contributed by atoms with E-state index in [-0.39, 0.29) is 48.0 Å². The second-order valence-electron chi connectivity index (χ2n) is 9.39. The van der Waals surface area contributed by atoms with Crippen LogP contribution in [-0.2, 0) is 20.7 Å². The van der Waals surface area contributed by atoms with Gasteiger partial charge in [0.25, 0.3) is 0 Å². The first-order valence-electron chi connectivity index (χ1n) is 11.9. The van der Waals surface area contributed by atoms with E-state index in [1.54, 1.807) is 6.08 Å². The molecule has 0 spiro atoms. The highest BCUT2D eigenvalue weighted by Crippen LogP contribution is 2.41. The maximum Gasteiger partial charge on any atom is 0.303 e. The number of aryl methyl sites for hydroxylation is 1. The van der Waals surface area contributed by atoms with Crippen LogP contribution in [0.5, 0.6) is 0 Å². The Morgan fingerprint density at radius 2 is 2.03 bits per heavy atom. The Balaban J connectivity index is 1.44. The molecule has 2 N–H and O–H groups in total. The summed E-state index contributed by atoms with van der Waals surface area (Å²) in [6, 6.07) is 10.9. The van der Waals surface area contributed by atoms with Gasteiger partial charge >= 0.3 is 5.97 Å². The van der Waals surface area contributed by atoms with Gasteiger partial charge in [0.1, 0.15) is 11.9 Å². The zero-order chi connectivity index (χ0) is 22.7. The van der Waals surface area contributed by atoms with Gasteiger partial charge in [-0.25, -0.2) is 0 Å². The lowest BCUT2D eigenvalue weighted by atomic mass is 9.72. The first-order chi connectivity index (χ1) is 15.4. The van der Waals surface area contributed by atoms with Gasteiger partial charge in [-0.2, -0.15) is 0 Å². The van der Waals surface area contributed by atoms with E-state index in [1.165, 1.54) is 12.5 Å². The van der Waals surface area contributed by atoms with E-state index in [1.807, 2.05) is 18.2 Å². The monoisotopic (exact) mass is 437 g/mol. The van der Waals surface area contributed by atoms with Crippen LogP contribution in [0.4, 0.5) is 0 Å². The van der Waals surface area contributed by atoms with Crippen LogP contribution in [0.2, 0.25) is 0 Å². The Hall–Kier alpha value is -2.37. The average Bonchev–Trinajstić information content (AvgIpc) is 2.73. The van der Waals surface area contributed by atoms with Gasteiger partial charge in [-0.1, -0.05) is 36.4 Å². The zero-order valence-corrected chi connectivity index (χ0v) is 19.3. The largest absolute Gasteiger partial charge is 0.508 e. The average molecular weight is 438 g/mol. The number of benzene rings is 1. The van der Waals surface area contributed by atoms with Gasteiger partial charge < -0.3 is 19.9 Å². The summed E-state index contributed by atoms with van der Waals surface area (Å²) in [5.74, 6) is 0.140. The summed E-state index contributed by atoms with van der Waals surface area (Å²) in [5.41, 5.74) is 3.54. The van der Waals surface area contributed by atoms with Crippen molar-refractivity contribution in [3.63, 3.8) is 0 Å². The Morgan fingerprint density at radius 1 is 1.25 bits per heavy atom. The summed E-state index contributed by atoms with van der Waals surface area (Å²) < 4.78 is 12.2. The number of fused-ring (bicyclic) bond motifs is 2. The molecule has 4 rings (SSSR count). The molecule has 1 aromatic rings.